The Morgan fingerprint density at radius 1 is 1.06 bits per heavy atom. The highest BCUT2D eigenvalue weighted by molar-refractivity contribution is 5.81. The molecular weight excluding hydrogens is 420 g/mol. The Bertz CT molecular complexity index is 1310. The molecule has 4 aromatic rings. The van der Waals surface area contributed by atoms with Gasteiger partial charge in [0, 0.05) is 36.1 Å². The smallest absolute Gasteiger partial charge is 0.162 e. The molecule has 0 bridgehead atoms. The number of rotatable bonds is 6. The molecule has 168 valence electrons. The highest BCUT2D eigenvalue weighted by Crippen LogP contribution is 2.35. The maximum absolute atomic E-state index is 9.50. The zero-order chi connectivity index (χ0) is 22.8. The van der Waals surface area contributed by atoms with E-state index in [0.29, 0.717) is 22.7 Å². The monoisotopic (exact) mass is 444 g/mol. The fraction of sp³-hybridized carbons (Fsp3) is 0.250. The number of aromatic amines is 1. The van der Waals surface area contributed by atoms with Crippen LogP contribution in [-0.4, -0.2) is 55.1 Å². The van der Waals surface area contributed by atoms with Gasteiger partial charge in [-0.25, -0.2) is 0 Å². The molecule has 1 aliphatic heterocycles. The summed E-state index contributed by atoms with van der Waals surface area (Å²) >= 11 is 0. The zero-order valence-electron chi connectivity index (χ0n) is 18.5. The van der Waals surface area contributed by atoms with Crippen LogP contribution in [0.4, 0.5) is 17.2 Å². The van der Waals surface area contributed by atoms with E-state index in [1.54, 1.807) is 24.9 Å². The Morgan fingerprint density at radius 2 is 1.82 bits per heavy atom. The first-order valence-corrected chi connectivity index (χ1v) is 10.6. The zero-order valence-corrected chi connectivity index (χ0v) is 18.5. The minimum atomic E-state index is 0.474. The van der Waals surface area contributed by atoms with E-state index in [-0.39, 0.29) is 0 Å². The lowest BCUT2D eigenvalue weighted by molar-refractivity contribution is 0.122. The molecule has 2 aromatic carbocycles. The van der Waals surface area contributed by atoms with E-state index >= 15 is 0 Å². The number of fused-ring (bicyclic) bond motifs is 1. The van der Waals surface area contributed by atoms with Gasteiger partial charge in [-0.05, 0) is 24.3 Å². The Labute approximate surface area is 191 Å². The van der Waals surface area contributed by atoms with E-state index in [1.165, 1.54) is 0 Å². The van der Waals surface area contributed by atoms with Crippen molar-refractivity contribution in [2.45, 2.75) is 0 Å². The van der Waals surface area contributed by atoms with Crippen molar-refractivity contribution >= 4 is 22.8 Å². The van der Waals surface area contributed by atoms with E-state index in [1.807, 2.05) is 18.2 Å². The van der Waals surface area contributed by atoms with Crippen LogP contribution in [0.1, 0.15) is 5.56 Å². The molecule has 2 aromatic heterocycles. The minimum Gasteiger partial charge on any atom is -0.493 e. The third kappa shape index (κ3) is 3.81. The van der Waals surface area contributed by atoms with Crippen molar-refractivity contribution in [1.29, 1.82) is 5.26 Å². The van der Waals surface area contributed by atoms with Crippen molar-refractivity contribution in [3.05, 3.63) is 54.2 Å². The normalized spacial score (nSPS) is 13.7. The molecule has 33 heavy (non-hydrogen) atoms. The van der Waals surface area contributed by atoms with E-state index in [0.717, 1.165) is 54.8 Å². The van der Waals surface area contributed by atoms with Crippen LogP contribution >= 0.6 is 0 Å². The minimum absolute atomic E-state index is 0.474. The Balaban J connectivity index is 1.54. The van der Waals surface area contributed by atoms with Crippen molar-refractivity contribution in [3.8, 4) is 28.8 Å². The molecule has 0 aliphatic carbocycles. The summed E-state index contributed by atoms with van der Waals surface area (Å²) in [6, 6.07) is 16.2. The van der Waals surface area contributed by atoms with Crippen LogP contribution in [0.5, 0.6) is 11.5 Å². The number of imidazole rings is 1. The molecule has 1 fully saturated rings. The molecule has 0 amide bonds. The van der Waals surface area contributed by atoms with Gasteiger partial charge in [0.05, 0.1) is 39.3 Å². The lowest BCUT2D eigenvalue weighted by Crippen LogP contribution is -2.36. The largest absolute Gasteiger partial charge is 0.493 e. The number of benzene rings is 2. The van der Waals surface area contributed by atoms with Gasteiger partial charge >= 0.3 is 0 Å². The van der Waals surface area contributed by atoms with Gasteiger partial charge in [0.25, 0.3) is 0 Å². The quantitative estimate of drug-likeness (QED) is 0.467. The number of nitrogens with one attached hydrogen (secondary N) is 2. The van der Waals surface area contributed by atoms with E-state index < -0.39 is 0 Å². The van der Waals surface area contributed by atoms with Crippen LogP contribution in [-0.2, 0) is 4.74 Å². The molecule has 2 N–H and O–H groups in total. The number of methoxy groups -OCH3 is 2. The number of aromatic nitrogens is 3. The lowest BCUT2D eigenvalue weighted by Gasteiger charge is -2.28. The first-order valence-electron chi connectivity index (χ1n) is 10.6. The van der Waals surface area contributed by atoms with E-state index in [9.17, 15) is 5.26 Å². The first kappa shape index (κ1) is 20.7. The summed E-state index contributed by atoms with van der Waals surface area (Å²) in [5.74, 6) is 1.98. The van der Waals surface area contributed by atoms with Gasteiger partial charge in [0.15, 0.2) is 23.0 Å². The van der Waals surface area contributed by atoms with E-state index in [4.69, 9.17) is 14.2 Å². The summed E-state index contributed by atoms with van der Waals surface area (Å²) in [7, 11) is 3.21. The average Bonchev–Trinajstić information content (AvgIpc) is 3.44. The van der Waals surface area contributed by atoms with Gasteiger partial charge in [-0.1, -0.05) is 12.1 Å². The van der Waals surface area contributed by atoms with Crippen molar-refractivity contribution in [2.24, 2.45) is 0 Å². The topological polar surface area (TPSA) is 99.8 Å². The average molecular weight is 444 g/mol. The van der Waals surface area contributed by atoms with Crippen molar-refractivity contribution in [3.63, 3.8) is 0 Å². The summed E-state index contributed by atoms with van der Waals surface area (Å²) in [6.45, 7) is 3.25. The number of nitrogens with zero attached hydrogens (tertiary/aromatic N) is 4. The molecule has 1 saturated heterocycles. The molecule has 0 spiro atoms. The van der Waals surface area contributed by atoms with Crippen LogP contribution in [0.3, 0.4) is 0 Å². The van der Waals surface area contributed by atoms with Gasteiger partial charge in [0.1, 0.15) is 11.6 Å². The predicted molar refractivity (Wildman–Crippen MR) is 126 cm³/mol. The second-order valence-corrected chi connectivity index (χ2v) is 7.62. The molecule has 5 rings (SSSR count). The Kier molecular flexibility index (Phi) is 5.50. The fourth-order valence-corrected chi connectivity index (χ4v) is 4.04. The number of hydrogen-bond donors (Lipinski definition) is 2. The van der Waals surface area contributed by atoms with E-state index in [2.05, 4.69) is 50.6 Å². The number of H-pyrrole nitrogens is 1. The van der Waals surface area contributed by atoms with Gasteiger partial charge in [-0.3, -0.25) is 0 Å². The van der Waals surface area contributed by atoms with Crippen LogP contribution in [0.15, 0.2) is 48.7 Å². The standard InChI is InChI=1S/C24H24N6O3/c1-31-20-8-5-18(13-21(20)32-2)27-24-22(28-23-17(14-25)15-26-30(23)24)16-3-6-19(7-4-16)29-9-11-33-12-10-29/h3-8,13,15,27-28H,9-12H2,1-2H3. The molecular formula is C24H24N6O3. The number of ether oxygens (including phenoxy) is 3. The summed E-state index contributed by atoms with van der Waals surface area (Å²) in [5, 5.41) is 17.4. The maximum Gasteiger partial charge on any atom is 0.162 e. The Hall–Kier alpha value is -4.16. The second-order valence-electron chi connectivity index (χ2n) is 7.62. The van der Waals surface area contributed by atoms with Crippen molar-refractivity contribution in [2.75, 3.05) is 50.7 Å². The SMILES string of the molecule is COc1ccc(Nc2c(-c3ccc(N4CCOCC4)cc3)[nH]c3c(C#N)cnn23)cc1OC. The highest BCUT2D eigenvalue weighted by Gasteiger charge is 2.19. The summed E-state index contributed by atoms with van der Waals surface area (Å²) in [6.07, 6.45) is 1.55. The lowest BCUT2D eigenvalue weighted by atomic mass is 10.1. The van der Waals surface area contributed by atoms with Crippen LogP contribution in [0.2, 0.25) is 0 Å². The molecule has 1 aliphatic rings. The second kappa shape index (κ2) is 8.76. The summed E-state index contributed by atoms with van der Waals surface area (Å²) in [4.78, 5) is 5.69. The molecule has 9 heteroatoms. The number of hydrogen-bond acceptors (Lipinski definition) is 7. The molecule has 3 heterocycles. The van der Waals surface area contributed by atoms with Crippen molar-refractivity contribution in [1.82, 2.24) is 14.6 Å². The van der Waals surface area contributed by atoms with Crippen LogP contribution in [0, 0.1) is 11.3 Å². The van der Waals surface area contributed by atoms with Crippen LogP contribution < -0.4 is 19.7 Å². The molecule has 9 nitrogen and oxygen atoms in total. The van der Waals surface area contributed by atoms with Crippen LogP contribution in [0.25, 0.3) is 16.9 Å². The molecule has 0 saturated carbocycles. The van der Waals surface area contributed by atoms with Crippen molar-refractivity contribution < 1.29 is 14.2 Å². The third-order valence-corrected chi connectivity index (χ3v) is 5.76. The summed E-state index contributed by atoms with van der Waals surface area (Å²) in [5.41, 5.74) is 4.87. The summed E-state index contributed by atoms with van der Waals surface area (Å²) < 4.78 is 17.9. The maximum atomic E-state index is 9.50. The van der Waals surface area contributed by atoms with Gasteiger partial charge in [0.2, 0.25) is 0 Å². The number of morpholine rings is 1. The molecule has 0 unspecified atom stereocenters. The van der Waals surface area contributed by atoms with Gasteiger partial charge in [-0.15, -0.1) is 0 Å². The van der Waals surface area contributed by atoms with Gasteiger partial charge < -0.3 is 29.4 Å². The first-order chi connectivity index (χ1) is 16.2. The molecule has 0 atom stereocenters. The number of anilines is 3. The number of nitriles is 1. The third-order valence-electron chi connectivity index (χ3n) is 5.76. The fourth-order valence-electron chi connectivity index (χ4n) is 4.04. The molecule has 0 radical (unpaired) electrons. The predicted octanol–water partition coefficient (Wildman–Crippen LogP) is 3.80. The Morgan fingerprint density at radius 3 is 2.52 bits per heavy atom. The highest BCUT2D eigenvalue weighted by atomic mass is 16.5. The van der Waals surface area contributed by atoms with Gasteiger partial charge in [-0.2, -0.15) is 14.9 Å².